The quantitative estimate of drug-likeness (QED) is 0.674. The molecule has 0 atom stereocenters. The minimum absolute atomic E-state index is 0.0608. The van der Waals surface area contributed by atoms with Crippen molar-refractivity contribution in [2.45, 2.75) is 50.7 Å². The number of pyridine rings is 1. The molecule has 30 heavy (non-hydrogen) atoms. The van der Waals surface area contributed by atoms with Crippen LogP contribution < -0.4 is 0 Å². The van der Waals surface area contributed by atoms with Gasteiger partial charge in [0.05, 0.1) is 17.8 Å². The van der Waals surface area contributed by atoms with Crippen LogP contribution in [-0.2, 0) is 24.6 Å². The van der Waals surface area contributed by atoms with E-state index in [0.717, 1.165) is 36.1 Å². The van der Waals surface area contributed by atoms with Gasteiger partial charge in [0.2, 0.25) is 5.76 Å². The Balaban J connectivity index is 1.67. The third-order valence-corrected chi connectivity index (χ3v) is 6.13. The molecular weight excluding hydrogens is 399 g/mol. The number of aromatic nitrogens is 3. The SMILES string of the molecule is Cc1ccc(Cn2cc3c(n2)-c2c(oc(C(=O)O)c2C(F)(F)F)CC32CCC2)nc1. The third-order valence-electron chi connectivity index (χ3n) is 6.13. The summed E-state index contributed by atoms with van der Waals surface area (Å²) in [6.45, 7) is 2.23. The maximum Gasteiger partial charge on any atom is 0.421 e. The normalized spacial score (nSPS) is 16.8. The summed E-state index contributed by atoms with van der Waals surface area (Å²) in [6.07, 6.45) is 1.46. The Hall–Kier alpha value is -3.10. The van der Waals surface area contributed by atoms with Crippen LogP contribution in [0.3, 0.4) is 0 Å². The summed E-state index contributed by atoms with van der Waals surface area (Å²) in [4.78, 5) is 15.8. The Kier molecular flexibility index (Phi) is 3.90. The number of carbonyl (C=O) groups is 1. The number of aromatic carboxylic acids is 1. The van der Waals surface area contributed by atoms with Crippen molar-refractivity contribution in [2.75, 3.05) is 0 Å². The summed E-state index contributed by atoms with van der Waals surface area (Å²) in [6, 6.07) is 3.76. The summed E-state index contributed by atoms with van der Waals surface area (Å²) in [5, 5.41) is 13.8. The number of carboxylic acid groups (broad SMARTS) is 1. The van der Waals surface area contributed by atoms with Gasteiger partial charge in [-0.05, 0) is 31.4 Å². The van der Waals surface area contributed by atoms with E-state index >= 15 is 0 Å². The number of aryl methyl sites for hydroxylation is 1. The lowest BCUT2D eigenvalue weighted by atomic mass is 9.59. The highest BCUT2D eigenvalue weighted by Crippen LogP contribution is 2.56. The van der Waals surface area contributed by atoms with Crippen LogP contribution in [0.5, 0.6) is 0 Å². The molecule has 0 aliphatic heterocycles. The van der Waals surface area contributed by atoms with Crippen LogP contribution in [0.25, 0.3) is 11.3 Å². The van der Waals surface area contributed by atoms with E-state index in [0.29, 0.717) is 6.54 Å². The first-order valence-electron chi connectivity index (χ1n) is 9.64. The minimum atomic E-state index is -4.87. The minimum Gasteiger partial charge on any atom is -0.475 e. The first kappa shape index (κ1) is 18.9. The van der Waals surface area contributed by atoms with Gasteiger partial charge in [0, 0.05) is 29.8 Å². The van der Waals surface area contributed by atoms with Crippen LogP contribution in [0.15, 0.2) is 28.9 Å². The topological polar surface area (TPSA) is 81.2 Å². The number of hydrogen-bond acceptors (Lipinski definition) is 4. The van der Waals surface area contributed by atoms with Gasteiger partial charge in [-0.1, -0.05) is 12.5 Å². The van der Waals surface area contributed by atoms with Crippen molar-refractivity contribution in [3.8, 4) is 11.3 Å². The molecular formula is C21H18F3N3O3. The Morgan fingerprint density at radius 3 is 2.67 bits per heavy atom. The van der Waals surface area contributed by atoms with E-state index in [1.54, 1.807) is 17.1 Å². The first-order valence-corrected chi connectivity index (χ1v) is 9.64. The number of alkyl halides is 3. The van der Waals surface area contributed by atoms with Crippen molar-refractivity contribution in [1.82, 2.24) is 14.8 Å². The van der Waals surface area contributed by atoms with E-state index in [4.69, 9.17) is 4.42 Å². The van der Waals surface area contributed by atoms with Gasteiger partial charge in [0.1, 0.15) is 17.0 Å². The van der Waals surface area contributed by atoms with Gasteiger partial charge < -0.3 is 9.52 Å². The Morgan fingerprint density at radius 2 is 2.10 bits per heavy atom. The van der Waals surface area contributed by atoms with Gasteiger partial charge in [-0.25, -0.2) is 4.79 Å². The fraction of sp³-hybridized carbons (Fsp3) is 0.381. The Morgan fingerprint density at radius 1 is 1.33 bits per heavy atom. The molecule has 0 amide bonds. The molecule has 1 saturated carbocycles. The van der Waals surface area contributed by atoms with E-state index < -0.39 is 23.5 Å². The molecule has 6 nitrogen and oxygen atoms in total. The number of nitrogens with zero attached hydrogens (tertiary/aromatic N) is 3. The van der Waals surface area contributed by atoms with E-state index in [9.17, 15) is 23.1 Å². The lowest BCUT2D eigenvalue weighted by Gasteiger charge is -2.43. The molecule has 1 spiro atoms. The summed E-state index contributed by atoms with van der Waals surface area (Å²) in [7, 11) is 0. The molecule has 0 aromatic carbocycles. The lowest BCUT2D eigenvalue weighted by Crippen LogP contribution is -2.38. The van der Waals surface area contributed by atoms with Crippen molar-refractivity contribution >= 4 is 5.97 Å². The van der Waals surface area contributed by atoms with E-state index in [2.05, 4.69) is 10.1 Å². The molecule has 3 heterocycles. The standard InChI is InChI=1S/C21H18F3N3O3/c1-11-3-4-12(25-8-11)9-27-10-13-17(26-27)15-14(7-20(13)5-2-6-20)30-18(19(28)29)16(15)21(22,23)24/h3-4,8,10H,2,5-7,9H2,1H3,(H,28,29). The van der Waals surface area contributed by atoms with Crippen LogP contribution in [0.1, 0.15) is 58.0 Å². The van der Waals surface area contributed by atoms with E-state index in [-0.39, 0.29) is 28.9 Å². The van der Waals surface area contributed by atoms with Gasteiger partial charge in [-0.2, -0.15) is 18.3 Å². The smallest absolute Gasteiger partial charge is 0.421 e. The molecule has 0 radical (unpaired) electrons. The molecule has 3 aromatic rings. The fourth-order valence-electron chi connectivity index (χ4n) is 4.56. The van der Waals surface area contributed by atoms with Crippen LogP contribution >= 0.6 is 0 Å². The number of carboxylic acids is 1. The second kappa shape index (κ2) is 6.20. The predicted molar refractivity (Wildman–Crippen MR) is 99.2 cm³/mol. The highest BCUT2D eigenvalue weighted by atomic mass is 19.4. The maximum absolute atomic E-state index is 13.8. The van der Waals surface area contributed by atoms with Crippen molar-refractivity contribution in [2.24, 2.45) is 0 Å². The van der Waals surface area contributed by atoms with Crippen LogP contribution in [0.2, 0.25) is 0 Å². The van der Waals surface area contributed by atoms with E-state index in [1.807, 2.05) is 19.1 Å². The van der Waals surface area contributed by atoms with Crippen molar-refractivity contribution in [3.05, 3.63) is 58.4 Å². The molecule has 3 aromatic heterocycles. The number of halogens is 3. The van der Waals surface area contributed by atoms with Crippen LogP contribution in [-0.4, -0.2) is 25.8 Å². The summed E-state index contributed by atoms with van der Waals surface area (Å²) in [5.41, 5.74) is 0.812. The maximum atomic E-state index is 13.8. The highest BCUT2D eigenvalue weighted by Gasteiger charge is 2.52. The van der Waals surface area contributed by atoms with Gasteiger partial charge in [-0.15, -0.1) is 0 Å². The predicted octanol–water partition coefficient (Wildman–Crippen LogP) is 4.59. The molecule has 0 bridgehead atoms. The lowest BCUT2D eigenvalue weighted by molar-refractivity contribution is -0.138. The Bertz CT molecular complexity index is 1150. The zero-order valence-corrected chi connectivity index (χ0v) is 16.1. The first-order chi connectivity index (χ1) is 14.2. The van der Waals surface area contributed by atoms with Gasteiger partial charge in [0.15, 0.2) is 0 Å². The number of rotatable bonds is 3. The van der Waals surface area contributed by atoms with Gasteiger partial charge >= 0.3 is 12.1 Å². The van der Waals surface area contributed by atoms with Crippen molar-refractivity contribution in [3.63, 3.8) is 0 Å². The monoisotopic (exact) mass is 417 g/mol. The molecule has 9 heteroatoms. The fourth-order valence-corrected chi connectivity index (χ4v) is 4.56. The highest BCUT2D eigenvalue weighted by molar-refractivity contribution is 5.91. The third kappa shape index (κ3) is 2.75. The van der Waals surface area contributed by atoms with Crippen LogP contribution in [0, 0.1) is 6.92 Å². The molecule has 5 rings (SSSR count). The molecule has 2 aliphatic rings. The second-order valence-corrected chi connectivity index (χ2v) is 8.13. The number of furan rings is 1. The largest absolute Gasteiger partial charge is 0.475 e. The average Bonchev–Trinajstić information content (AvgIpc) is 3.22. The summed E-state index contributed by atoms with van der Waals surface area (Å²) in [5.74, 6) is -2.74. The molecule has 2 aliphatic carbocycles. The average molecular weight is 417 g/mol. The second-order valence-electron chi connectivity index (χ2n) is 8.13. The van der Waals surface area contributed by atoms with Crippen molar-refractivity contribution in [1.29, 1.82) is 0 Å². The van der Waals surface area contributed by atoms with E-state index in [1.165, 1.54) is 0 Å². The molecule has 1 fully saturated rings. The number of fused-ring (bicyclic) bond motifs is 4. The summed E-state index contributed by atoms with van der Waals surface area (Å²) >= 11 is 0. The zero-order chi connectivity index (χ0) is 21.3. The number of hydrogen-bond donors (Lipinski definition) is 1. The van der Waals surface area contributed by atoms with Crippen LogP contribution in [0.4, 0.5) is 13.2 Å². The van der Waals surface area contributed by atoms with Gasteiger partial charge in [0.25, 0.3) is 0 Å². The zero-order valence-electron chi connectivity index (χ0n) is 16.1. The summed E-state index contributed by atoms with van der Waals surface area (Å²) < 4.78 is 48.4. The Labute approximate surface area is 169 Å². The van der Waals surface area contributed by atoms with Crippen molar-refractivity contribution < 1.29 is 27.5 Å². The molecule has 156 valence electrons. The molecule has 0 saturated heterocycles. The molecule has 1 N–H and O–H groups in total. The van der Waals surface area contributed by atoms with Gasteiger partial charge in [-0.3, -0.25) is 9.67 Å². The molecule has 0 unspecified atom stereocenters.